The minimum absolute atomic E-state index is 0.135. The van der Waals surface area contributed by atoms with Gasteiger partial charge in [0.15, 0.2) is 0 Å². The minimum Gasteiger partial charge on any atom is -0.495 e. The zero-order valence-electron chi connectivity index (χ0n) is 6.84. The van der Waals surface area contributed by atoms with E-state index in [1.165, 1.54) is 0 Å². The first-order valence-electron chi connectivity index (χ1n) is 4.23. The molecule has 2 rings (SSSR count). The van der Waals surface area contributed by atoms with E-state index >= 15 is 0 Å². The Bertz CT molecular complexity index is 192. The second-order valence-corrected chi connectivity index (χ2v) is 3.80. The van der Waals surface area contributed by atoms with E-state index in [4.69, 9.17) is 4.74 Å². The van der Waals surface area contributed by atoms with Crippen LogP contribution < -0.4 is 0 Å². The molecule has 0 aromatic heterocycles. The summed E-state index contributed by atoms with van der Waals surface area (Å²) in [5.74, 6) is 0.810. The Morgan fingerprint density at radius 1 is 1.64 bits per heavy atom. The van der Waals surface area contributed by atoms with Gasteiger partial charge in [0.25, 0.3) is 0 Å². The van der Waals surface area contributed by atoms with Crippen molar-refractivity contribution in [3.8, 4) is 0 Å². The summed E-state index contributed by atoms with van der Waals surface area (Å²) in [5.41, 5.74) is 0.135. The normalized spacial score (nSPS) is 29.1. The molecular formula is C9H14O2. The van der Waals surface area contributed by atoms with E-state index in [0.29, 0.717) is 0 Å². The molecule has 1 N–H and O–H groups in total. The summed E-state index contributed by atoms with van der Waals surface area (Å²) in [4.78, 5) is 0. The van der Waals surface area contributed by atoms with Crippen LogP contribution in [0, 0.1) is 5.41 Å². The lowest BCUT2D eigenvalue weighted by atomic mass is 10.0. The molecule has 0 saturated heterocycles. The quantitative estimate of drug-likeness (QED) is 0.652. The molecule has 1 aliphatic carbocycles. The number of hydrogen-bond donors (Lipinski definition) is 1. The van der Waals surface area contributed by atoms with Crippen LogP contribution in [-0.2, 0) is 4.74 Å². The molecule has 0 aromatic carbocycles. The van der Waals surface area contributed by atoms with Crippen molar-refractivity contribution in [3.63, 3.8) is 0 Å². The second-order valence-electron chi connectivity index (χ2n) is 3.80. The van der Waals surface area contributed by atoms with Gasteiger partial charge in [-0.3, -0.25) is 0 Å². The van der Waals surface area contributed by atoms with Crippen LogP contribution >= 0.6 is 0 Å². The van der Waals surface area contributed by atoms with Crippen LogP contribution in [0.5, 0.6) is 0 Å². The molecule has 0 radical (unpaired) electrons. The fourth-order valence-corrected chi connectivity index (χ4v) is 1.44. The lowest BCUT2D eigenvalue weighted by Gasteiger charge is -2.17. The fourth-order valence-electron chi connectivity index (χ4n) is 1.44. The van der Waals surface area contributed by atoms with Gasteiger partial charge in [0, 0.05) is 11.8 Å². The van der Waals surface area contributed by atoms with Crippen molar-refractivity contribution in [3.05, 3.63) is 11.8 Å². The first-order chi connectivity index (χ1) is 5.22. The van der Waals surface area contributed by atoms with E-state index in [-0.39, 0.29) is 11.5 Å². The molecule has 2 heteroatoms. The van der Waals surface area contributed by atoms with Gasteiger partial charge in [0.05, 0.1) is 6.61 Å². The monoisotopic (exact) mass is 154 g/mol. The molecule has 2 aliphatic rings. The number of aliphatic hydroxyl groups excluding tert-OH is 1. The first kappa shape index (κ1) is 7.17. The maximum atomic E-state index is 9.75. The Balaban J connectivity index is 2.03. The summed E-state index contributed by atoms with van der Waals surface area (Å²) in [6.45, 7) is 2.86. The van der Waals surface area contributed by atoms with Crippen LogP contribution in [0.2, 0.25) is 0 Å². The van der Waals surface area contributed by atoms with Crippen molar-refractivity contribution in [2.24, 2.45) is 5.41 Å². The zero-order valence-corrected chi connectivity index (χ0v) is 6.84. The SMILES string of the molecule is CC1(C(O)C2=CCCO2)CC1. The largest absolute Gasteiger partial charge is 0.495 e. The molecule has 1 saturated carbocycles. The highest BCUT2D eigenvalue weighted by molar-refractivity contribution is 5.13. The standard InChI is InChI=1S/C9H14O2/c1-9(4-5-9)8(10)7-3-2-6-11-7/h3,8,10H,2,4-6H2,1H3. The van der Waals surface area contributed by atoms with Crippen LogP contribution in [0.1, 0.15) is 26.2 Å². The van der Waals surface area contributed by atoms with Crippen molar-refractivity contribution in [2.45, 2.75) is 32.3 Å². The van der Waals surface area contributed by atoms with E-state index in [1.54, 1.807) is 0 Å². The van der Waals surface area contributed by atoms with Gasteiger partial charge in [0.2, 0.25) is 0 Å². The summed E-state index contributed by atoms with van der Waals surface area (Å²) in [7, 11) is 0. The maximum absolute atomic E-state index is 9.75. The molecule has 0 spiro atoms. The van der Waals surface area contributed by atoms with Crippen LogP contribution in [0.4, 0.5) is 0 Å². The third-order valence-electron chi connectivity index (χ3n) is 2.70. The van der Waals surface area contributed by atoms with E-state index in [2.05, 4.69) is 6.92 Å². The van der Waals surface area contributed by atoms with Crippen molar-refractivity contribution in [2.75, 3.05) is 6.61 Å². The topological polar surface area (TPSA) is 29.5 Å². The second kappa shape index (κ2) is 2.24. The van der Waals surface area contributed by atoms with Crippen LogP contribution in [0.15, 0.2) is 11.8 Å². The van der Waals surface area contributed by atoms with Crippen LogP contribution in [0.3, 0.4) is 0 Å². The Morgan fingerprint density at radius 2 is 2.36 bits per heavy atom. The van der Waals surface area contributed by atoms with E-state index in [1.807, 2.05) is 6.08 Å². The molecule has 2 nitrogen and oxygen atoms in total. The zero-order chi connectivity index (χ0) is 7.90. The molecule has 1 unspecified atom stereocenters. The van der Waals surface area contributed by atoms with Crippen molar-refractivity contribution in [1.29, 1.82) is 0 Å². The van der Waals surface area contributed by atoms with Crippen LogP contribution in [0.25, 0.3) is 0 Å². The highest BCUT2D eigenvalue weighted by atomic mass is 16.5. The molecule has 1 fully saturated rings. The summed E-state index contributed by atoms with van der Waals surface area (Å²) in [5, 5.41) is 9.75. The summed E-state index contributed by atoms with van der Waals surface area (Å²) in [6, 6.07) is 0. The smallest absolute Gasteiger partial charge is 0.121 e. The molecule has 0 aromatic rings. The van der Waals surface area contributed by atoms with Crippen molar-refractivity contribution >= 4 is 0 Å². The van der Waals surface area contributed by atoms with Gasteiger partial charge in [-0.15, -0.1) is 0 Å². The predicted octanol–water partition coefficient (Wildman–Crippen LogP) is 1.45. The fraction of sp³-hybridized carbons (Fsp3) is 0.778. The molecule has 62 valence electrons. The van der Waals surface area contributed by atoms with E-state index < -0.39 is 0 Å². The Morgan fingerprint density at radius 3 is 2.82 bits per heavy atom. The molecule has 1 aliphatic heterocycles. The summed E-state index contributed by atoms with van der Waals surface area (Å²) in [6.07, 6.45) is 4.89. The van der Waals surface area contributed by atoms with Crippen molar-refractivity contribution in [1.82, 2.24) is 0 Å². The average molecular weight is 154 g/mol. The lowest BCUT2D eigenvalue weighted by molar-refractivity contribution is 0.0703. The van der Waals surface area contributed by atoms with Crippen molar-refractivity contribution < 1.29 is 9.84 Å². The van der Waals surface area contributed by atoms with Gasteiger partial charge >= 0.3 is 0 Å². The number of aliphatic hydroxyl groups is 1. The van der Waals surface area contributed by atoms with Gasteiger partial charge < -0.3 is 9.84 Å². The van der Waals surface area contributed by atoms with Gasteiger partial charge in [-0.1, -0.05) is 6.92 Å². The molecule has 1 heterocycles. The molecule has 0 amide bonds. The third kappa shape index (κ3) is 1.16. The number of hydrogen-bond acceptors (Lipinski definition) is 2. The van der Waals surface area contributed by atoms with E-state index in [0.717, 1.165) is 31.6 Å². The molecule has 0 bridgehead atoms. The van der Waals surface area contributed by atoms with Crippen LogP contribution in [-0.4, -0.2) is 17.8 Å². The summed E-state index contributed by atoms with van der Waals surface area (Å²) >= 11 is 0. The average Bonchev–Trinajstić information content (AvgIpc) is 2.54. The van der Waals surface area contributed by atoms with Gasteiger partial charge in [-0.05, 0) is 18.9 Å². The highest BCUT2D eigenvalue weighted by Gasteiger charge is 2.46. The molecular weight excluding hydrogens is 140 g/mol. The number of rotatable bonds is 2. The van der Waals surface area contributed by atoms with Gasteiger partial charge in [0.1, 0.15) is 11.9 Å². The number of ether oxygens (including phenoxy) is 1. The van der Waals surface area contributed by atoms with Gasteiger partial charge in [-0.25, -0.2) is 0 Å². The van der Waals surface area contributed by atoms with E-state index in [9.17, 15) is 5.11 Å². The first-order valence-corrected chi connectivity index (χ1v) is 4.23. The van der Waals surface area contributed by atoms with Gasteiger partial charge in [-0.2, -0.15) is 0 Å². The Labute approximate surface area is 66.9 Å². The predicted molar refractivity (Wildman–Crippen MR) is 42.0 cm³/mol. The Kier molecular flexibility index (Phi) is 1.46. The minimum atomic E-state index is -0.343. The highest BCUT2D eigenvalue weighted by Crippen LogP contribution is 2.50. The maximum Gasteiger partial charge on any atom is 0.121 e. The Hall–Kier alpha value is -0.500. The molecule has 11 heavy (non-hydrogen) atoms. The summed E-state index contributed by atoms with van der Waals surface area (Å²) < 4.78 is 5.29. The molecule has 1 atom stereocenters. The lowest BCUT2D eigenvalue weighted by Crippen LogP contribution is -2.21. The third-order valence-corrected chi connectivity index (χ3v) is 2.70.